The van der Waals surface area contributed by atoms with E-state index in [4.69, 9.17) is 10.5 Å². The summed E-state index contributed by atoms with van der Waals surface area (Å²) in [4.78, 5) is 11.0. The molecule has 0 aliphatic heterocycles. The molecule has 6 heteroatoms. The van der Waals surface area contributed by atoms with Gasteiger partial charge in [0, 0.05) is 0 Å². The third-order valence-corrected chi connectivity index (χ3v) is 8.27. The molecule has 0 spiro atoms. The highest BCUT2D eigenvalue weighted by atomic mass is 32.2. The normalized spacial score (nSPS) is 10.9. The van der Waals surface area contributed by atoms with Crippen LogP contribution < -0.4 is 5.73 Å². The molecule has 248 valence electrons. The quantitative estimate of drug-likeness (QED) is 0.0535. The molecule has 0 fully saturated rings. The SMILES string of the molecule is CCCCCCCCCCCCCCCCCN.CCCCCCCCCCCCCCCCCOC(=O)N(S)S. The van der Waals surface area contributed by atoms with E-state index in [1.807, 2.05) is 0 Å². The highest BCUT2D eigenvalue weighted by Crippen LogP contribution is 2.14. The van der Waals surface area contributed by atoms with Crippen LogP contribution >= 0.6 is 25.6 Å². The van der Waals surface area contributed by atoms with Crippen LogP contribution in [0.3, 0.4) is 0 Å². The Morgan fingerprint density at radius 1 is 0.463 bits per heavy atom. The summed E-state index contributed by atoms with van der Waals surface area (Å²) in [5.74, 6) is 0. The minimum Gasteiger partial charge on any atom is -0.448 e. The van der Waals surface area contributed by atoms with Crippen LogP contribution in [0.25, 0.3) is 0 Å². The van der Waals surface area contributed by atoms with E-state index in [0.717, 1.165) is 23.1 Å². The molecule has 0 aliphatic rings. The summed E-state index contributed by atoms with van der Waals surface area (Å²) in [5.41, 5.74) is 5.48. The predicted molar refractivity (Wildman–Crippen MR) is 190 cm³/mol. The first-order chi connectivity index (χ1) is 20.1. The number of ether oxygens (including phenoxy) is 1. The van der Waals surface area contributed by atoms with Crippen molar-refractivity contribution in [1.29, 1.82) is 0 Å². The van der Waals surface area contributed by atoms with E-state index >= 15 is 0 Å². The number of carbonyl (C=O) groups excluding carboxylic acids is 1. The highest BCUT2D eigenvalue weighted by molar-refractivity contribution is 7.94. The van der Waals surface area contributed by atoms with Crippen LogP contribution in [0.4, 0.5) is 4.79 Å². The molecule has 0 rings (SSSR count). The van der Waals surface area contributed by atoms with E-state index in [0.29, 0.717) is 6.61 Å². The van der Waals surface area contributed by atoms with Crippen molar-refractivity contribution in [3.8, 4) is 0 Å². The van der Waals surface area contributed by atoms with Crippen LogP contribution in [-0.2, 0) is 4.74 Å². The molecule has 0 aromatic heterocycles. The first kappa shape index (κ1) is 43.1. The maximum Gasteiger partial charge on any atom is 0.429 e. The van der Waals surface area contributed by atoms with Crippen molar-refractivity contribution in [2.75, 3.05) is 13.2 Å². The molecule has 0 radical (unpaired) electrons. The number of unbranched alkanes of at least 4 members (excludes halogenated alkanes) is 28. The van der Waals surface area contributed by atoms with Gasteiger partial charge in [-0.05, 0) is 45.0 Å². The fraction of sp³-hybridized carbons (Fsp3) is 0.971. The minimum atomic E-state index is -0.498. The van der Waals surface area contributed by atoms with Crippen LogP contribution in [0, 0.1) is 0 Å². The molecule has 4 nitrogen and oxygen atoms in total. The zero-order valence-electron chi connectivity index (χ0n) is 27.9. The van der Waals surface area contributed by atoms with E-state index in [1.165, 1.54) is 180 Å². The van der Waals surface area contributed by atoms with Gasteiger partial charge in [0.2, 0.25) is 0 Å². The summed E-state index contributed by atoms with van der Waals surface area (Å²) in [7, 11) is 0. The molecule has 0 aliphatic carbocycles. The average molecular weight is 619 g/mol. The monoisotopic (exact) mass is 619 g/mol. The summed E-state index contributed by atoms with van der Waals surface area (Å²) in [6.45, 7) is 5.90. The van der Waals surface area contributed by atoms with Crippen molar-refractivity contribution in [1.82, 2.24) is 3.71 Å². The Morgan fingerprint density at radius 3 is 0.951 bits per heavy atom. The fourth-order valence-corrected chi connectivity index (χ4v) is 5.32. The maximum absolute atomic E-state index is 11.0. The summed E-state index contributed by atoms with van der Waals surface area (Å²) in [6, 6.07) is 0. The molecule has 0 heterocycles. The summed E-state index contributed by atoms with van der Waals surface area (Å²) < 4.78 is 5.82. The molecule has 0 atom stereocenters. The second-order valence-corrected chi connectivity index (χ2v) is 13.2. The molecule has 0 aromatic carbocycles. The van der Waals surface area contributed by atoms with Gasteiger partial charge in [-0.15, -0.1) is 0 Å². The Kier molecular flexibility index (Phi) is 41.9. The molecular formula is C35H74N2O2S2. The topological polar surface area (TPSA) is 55.6 Å². The van der Waals surface area contributed by atoms with Crippen LogP contribution in [0.2, 0.25) is 0 Å². The van der Waals surface area contributed by atoms with Gasteiger partial charge < -0.3 is 10.5 Å². The van der Waals surface area contributed by atoms with Gasteiger partial charge in [-0.2, -0.15) is 3.71 Å². The zero-order chi connectivity index (χ0) is 30.5. The first-order valence-electron chi connectivity index (χ1n) is 18.1. The Balaban J connectivity index is 0. The lowest BCUT2D eigenvalue weighted by atomic mass is 10.0. The lowest BCUT2D eigenvalue weighted by molar-refractivity contribution is 0.140. The lowest BCUT2D eigenvalue weighted by Crippen LogP contribution is -2.13. The van der Waals surface area contributed by atoms with E-state index in [2.05, 4.69) is 39.5 Å². The van der Waals surface area contributed by atoms with Gasteiger partial charge in [0.1, 0.15) is 0 Å². The molecule has 41 heavy (non-hydrogen) atoms. The highest BCUT2D eigenvalue weighted by Gasteiger charge is 2.05. The third kappa shape index (κ3) is 42.1. The fourth-order valence-electron chi connectivity index (χ4n) is 5.21. The largest absolute Gasteiger partial charge is 0.448 e. The second-order valence-electron chi connectivity index (χ2n) is 12.1. The Hall–Kier alpha value is -0.0700. The van der Waals surface area contributed by atoms with Crippen molar-refractivity contribution < 1.29 is 9.53 Å². The molecule has 0 bridgehead atoms. The standard InChI is InChI=1S/C18H37NO2S2.C17H37N/c1-2-3-4-5-6-7-8-9-10-11-12-13-14-15-16-17-21-18(20)19(22)23;1-2-3-4-5-6-7-8-9-10-11-12-13-14-15-16-17-18/h22-23H,2-17H2,1H3;2-18H2,1H3. The first-order valence-corrected chi connectivity index (χ1v) is 18.9. The van der Waals surface area contributed by atoms with Gasteiger partial charge in [0.15, 0.2) is 0 Å². The summed E-state index contributed by atoms with van der Waals surface area (Å²) in [6.07, 6.45) is 40.9. The van der Waals surface area contributed by atoms with Crippen LogP contribution in [0.1, 0.15) is 206 Å². The van der Waals surface area contributed by atoms with E-state index < -0.39 is 6.09 Å². The Morgan fingerprint density at radius 2 is 0.707 bits per heavy atom. The molecule has 0 aromatic rings. The Bertz CT molecular complexity index is 465. The Labute approximate surface area is 269 Å². The van der Waals surface area contributed by atoms with Crippen molar-refractivity contribution in [3.63, 3.8) is 0 Å². The average Bonchev–Trinajstić information content (AvgIpc) is 2.97. The van der Waals surface area contributed by atoms with Crippen molar-refractivity contribution in [2.24, 2.45) is 5.73 Å². The summed E-state index contributed by atoms with van der Waals surface area (Å²) >= 11 is 7.49. The third-order valence-electron chi connectivity index (χ3n) is 7.94. The van der Waals surface area contributed by atoms with Gasteiger partial charge in [-0.3, -0.25) is 0 Å². The summed E-state index contributed by atoms with van der Waals surface area (Å²) in [5, 5.41) is 0. The van der Waals surface area contributed by atoms with E-state index in [1.54, 1.807) is 0 Å². The number of nitrogens with zero attached hydrogens (tertiary/aromatic N) is 1. The van der Waals surface area contributed by atoms with Crippen LogP contribution in [-0.4, -0.2) is 23.0 Å². The smallest absolute Gasteiger partial charge is 0.429 e. The molecule has 0 unspecified atom stereocenters. The molecular weight excluding hydrogens is 545 g/mol. The van der Waals surface area contributed by atoms with Crippen LogP contribution in [0.15, 0.2) is 0 Å². The zero-order valence-corrected chi connectivity index (χ0v) is 29.7. The van der Waals surface area contributed by atoms with Crippen molar-refractivity contribution >= 4 is 31.7 Å². The van der Waals surface area contributed by atoms with Crippen molar-refractivity contribution in [3.05, 3.63) is 0 Å². The number of carbonyl (C=O) groups is 1. The number of amides is 1. The number of hydrogen-bond acceptors (Lipinski definition) is 5. The molecule has 0 saturated carbocycles. The number of rotatable bonds is 31. The van der Waals surface area contributed by atoms with E-state index in [9.17, 15) is 4.79 Å². The number of thiol groups is 2. The van der Waals surface area contributed by atoms with Gasteiger partial charge >= 0.3 is 6.09 Å². The van der Waals surface area contributed by atoms with Gasteiger partial charge in [-0.25, -0.2) is 4.79 Å². The predicted octanol–water partition coefficient (Wildman–Crippen LogP) is 12.8. The maximum atomic E-state index is 11.0. The van der Waals surface area contributed by atoms with Crippen molar-refractivity contribution in [2.45, 2.75) is 206 Å². The molecule has 0 saturated heterocycles. The van der Waals surface area contributed by atoms with Gasteiger partial charge in [0.25, 0.3) is 0 Å². The van der Waals surface area contributed by atoms with E-state index in [-0.39, 0.29) is 0 Å². The van der Waals surface area contributed by atoms with Gasteiger partial charge in [-0.1, -0.05) is 194 Å². The van der Waals surface area contributed by atoms with Crippen LogP contribution in [0.5, 0.6) is 0 Å². The minimum absolute atomic E-state index is 0.467. The molecule has 2 N–H and O–H groups in total. The van der Waals surface area contributed by atoms with Gasteiger partial charge in [0.05, 0.1) is 6.61 Å². The number of nitrogens with two attached hydrogens (primary N) is 1. The number of hydrogen-bond donors (Lipinski definition) is 3. The molecule has 1 amide bonds. The second kappa shape index (κ2) is 39.9. The lowest BCUT2D eigenvalue weighted by Gasteiger charge is -2.08.